The Hall–Kier alpha value is -1.05. The predicted molar refractivity (Wildman–Crippen MR) is 91.4 cm³/mol. The Morgan fingerprint density at radius 3 is 2.00 bits per heavy atom. The molecule has 0 heterocycles. The molecule has 0 bridgehead atoms. The van der Waals surface area contributed by atoms with E-state index in [-0.39, 0.29) is 5.97 Å². The molecule has 0 aromatic rings. The van der Waals surface area contributed by atoms with Crippen molar-refractivity contribution in [1.29, 1.82) is 0 Å². The monoisotopic (exact) mass is 294 g/mol. The summed E-state index contributed by atoms with van der Waals surface area (Å²) in [4.78, 5) is 10.6. The van der Waals surface area contributed by atoms with Crippen LogP contribution in [0.2, 0.25) is 0 Å². The van der Waals surface area contributed by atoms with E-state index >= 15 is 0 Å². The van der Waals surface area contributed by atoms with Crippen LogP contribution in [0.1, 0.15) is 84.5 Å². The average molecular weight is 294 g/mol. The van der Waals surface area contributed by atoms with Crippen LogP contribution in [0.15, 0.2) is 24.3 Å². The first kappa shape index (κ1) is 19.9. The highest BCUT2D eigenvalue weighted by Gasteiger charge is 1.93. The van der Waals surface area contributed by atoms with Crippen molar-refractivity contribution in [2.75, 3.05) is 6.61 Å². The molecular weight excluding hydrogens is 260 g/mol. The van der Waals surface area contributed by atoms with Crippen molar-refractivity contribution in [3.8, 4) is 0 Å². The summed E-state index contributed by atoms with van der Waals surface area (Å²) in [7, 11) is 0. The first-order valence-corrected chi connectivity index (χ1v) is 8.70. The molecule has 0 fully saturated rings. The molecule has 122 valence electrons. The molecule has 0 amide bonds. The largest absolute Gasteiger partial charge is 0.466 e. The van der Waals surface area contributed by atoms with Crippen LogP contribution >= 0.6 is 0 Å². The van der Waals surface area contributed by atoms with E-state index in [0.29, 0.717) is 6.61 Å². The lowest BCUT2D eigenvalue weighted by Gasteiger charge is -2.01. The van der Waals surface area contributed by atoms with Gasteiger partial charge in [-0.15, -0.1) is 0 Å². The van der Waals surface area contributed by atoms with Gasteiger partial charge in [-0.05, 0) is 38.5 Å². The number of unbranched alkanes of at least 4 members (excludes halogenated alkanes) is 8. The summed E-state index contributed by atoms with van der Waals surface area (Å²) >= 11 is 0. The van der Waals surface area contributed by atoms with Gasteiger partial charge in [-0.3, -0.25) is 4.79 Å². The van der Waals surface area contributed by atoms with E-state index in [1.165, 1.54) is 58.3 Å². The minimum atomic E-state index is -0.167. The molecule has 0 saturated carbocycles. The number of ether oxygens (including phenoxy) is 1. The summed E-state index contributed by atoms with van der Waals surface area (Å²) < 4.78 is 4.90. The van der Waals surface area contributed by atoms with Crippen molar-refractivity contribution in [2.24, 2.45) is 0 Å². The fourth-order valence-electron chi connectivity index (χ4n) is 2.13. The maximum Gasteiger partial charge on any atom is 0.302 e. The maximum absolute atomic E-state index is 10.6. The Labute approximate surface area is 131 Å². The average Bonchev–Trinajstić information content (AvgIpc) is 2.46. The van der Waals surface area contributed by atoms with Gasteiger partial charge in [0.25, 0.3) is 0 Å². The summed E-state index contributed by atoms with van der Waals surface area (Å²) in [5.74, 6) is -0.167. The van der Waals surface area contributed by atoms with Crippen LogP contribution in [0.4, 0.5) is 0 Å². The summed E-state index contributed by atoms with van der Waals surface area (Å²) in [5, 5.41) is 0. The van der Waals surface area contributed by atoms with Crippen molar-refractivity contribution in [1.82, 2.24) is 0 Å². The van der Waals surface area contributed by atoms with Gasteiger partial charge < -0.3 is 4.74 Å². The van der Waals surface area contributed by atoms with Crippen LogP contribution in [0.25, 0.3) is 0 Å². The molecule has 0 saturated heterocycles. The molecule has 0 aromatic heterocycles. The van der Waals surface area contributed by atoms with E-state index in [0.717, 1.165) is 19.3 Å². The second kappa shape index (κ2) is 17.0. The Kier molecular flexibility index (Phi) is 16.2. The van der Waals surface area contributed by atoms with Crippen molar-refractivity contribution < 1.29 is 9.53 Å². The molecule has 2 heteroatoms. The fraction of sp³-hybridized carbons (Fsp3) is 0.737. The second-order valence-corrected chi connectivity index (χ2v) is 5.57. The van der Waals surface area contributed by atoms with Gasteiger partial charge in [0, 0.05) is 6.92 Å². The Balaban J connectivity index is 3.16. The van der Waals surface area contributed by atoms with E-state index in [2.05, 4.69) is 31.2 Å². The number of carbonyl (C=O) groups excluding carboxylic acids is 1. The lowest BCUT2D eigenvalue weighted by molar-refractivity contribution is -0.141. The molecule has 0 unspecified atom stereocenters. The van der Waals surface area contributed by atoms with Gasteiger partial charge in [-0.2, -0.15) is 0 Å². The third-order valence-electron chi connectivity index (χ3n) is 3.40. The van der Waals surface area contributed by atoms with E-state index in [4.69, 9.17) is 4.74 Å². The first-order valence-electron chi connectivity index (χ1n) is 8.70. The van der Waals surface area contributed by atoms with Crippen LogP contribution in [-0.2, 0) is 9.53 Å². The molecule has 0 spiro atoms. The molecule has 0 aliphatic heterocycles. The first-order chi connectivity index (χ1) is 10.3. The molecular formula is C19H34O2. The standard InChI is InChI=1S/C19H34O2/c1-3-4-5-6-7-8-9-10-11-12-13-14-15-16-17-18-21-19(2)20/h7-8,10-11H,3-6,9,12-18H2,1-2H3. The van der Waals surface area contributed by atoms with E-state index < -0.39 is 0 Å². The molecule has 0 rings (SSSR count). The minimum absolute atomic E-state index is 0.167. The number of allylic oxidation sites excluding steroid dienone is 4. The molecule has 2 nitrogen and oxygen atoms in total. The van der Waals surface area contributed by atoms with E-state index in [1.807, 2.05) is 0 Å². The number of hydrogen-bond acceptors (Lipinski definition) is 2. The van der Waals surface area contributed by atoms with Gasteiger partial charge in [-0.1, -0.05) is 63.3 Å². The van der Waals surface area contributed by atoms with E-state index in [1.54, 1.807) is 0 Å². The molecule has 21 heavy (non-hydrogen) atoms. The third kappa shape index (κ3) is 18.9. The van der Waals surface area contributed by atoms with E-state index in [9.17, 15) is 4.79 Å². The lowest BCUT2D eigenvalue weighted by Crippen LogP contribution is -1.99. The molecule has 0 N–H and O–H groups in total. The maximum atomic E-state index is 10.6. The topological polar surface area (TPSA) is 26.3 Å². The van der Waals surface area contributed by atoms with Crippen LogP contribution in [0.3, 0.4) is 0 Å². The Bertz CT molecular complexity index is 279. The van der Waals surface area contributed by atoms with Crippen molar-refractivity contribution in [3.05, 3.63) is 24.3 Å². The van der Waals surface area contributed by atoms with Gasteiger partial charge in [0.2, 0.25) is 0 Å². The fourth-order valence-corrected chi connectivity index (χ4v) is 2.13. The number of hydrogen-bond donors (Lipinski definition) is 0. The van der Waals surface area contributed by atoms with Crippen molar-refractivity contribution in [2.45, 2.75) is 84.5 Å². The van der Waals surface area contributed by atoms with Crippen LogP contribution < -0.4 is 0 Å². The highest BCUT2D eigenvalue weighted by Crippen LogP contribution is 2.06. The highest BCUT2D eigenvalue weighted by atomic mass is 16.5. The zero-order valence-corrected chi connectivity index (χ0v) is 14.1. The van der Waals surface area contributed by atoms with Crippen LogP contribution in [0, 0.1) is 0 Å². The number of carbonyl (C=O) groups is 1. The Morgan fingerprint density at radius 1 is 0.810 bits per heavy atom. The van der Waals surface area contributed by atoms with Crippen LogP contribution in [0.5, 0.6) is 0 Å². The van der Waals surface area contributed by atoms with Crippen LogP contribution in [-0.4, -0.2) is 12.6 Å². The SMILES string of the molecule is CCCCCC=CCC=CCCCCCCCOC(C)=O. The number of rotatable bonds is 14. The third-order valence-corrected chi connectivity index (χ3v) is 3.40. The predicted octanol–water partition coefficient (Wildman–Crippen LogP) is 5.97. The summed E-state index contributed by atoms with van der Waals surface area (Å²) in [6, 6.07) is 0. The Morgan fingerprint density at radius 2 is 1.38 bits per heavy atom. The molecule has 0 atom stereocenters. The molecule has 0 aromatic carbocycles. The summed E-state index contributed by atoms with van der Waals surface area (Å²) in [6.07, 6.45) is 22.6. The van der Waals surface area contributed by atoms with Gasteiger partial charge in [0.15, 0.2) is 0 Å². The molecule has 0 aliphatic carbocycles. The molecule has 0 radical (unpaired) electrons. The zero-order chi connectivity index (χ0) is 15.6. The quantitative estimate of drug-likeness (QED) is 0.224. The summed E-state index contributed by atoms with van der Waals surface area (Å²) in [5.41, 5.74) is 0. The van der Waals surface area contributed by atoms with Gasteiger partial charge in [-0.25, -0.2) is 0 Å². The highest BCUT2D eigenvalue weighted by molar-refractivity contribution is 5.65. The van der Waals surface area contributed by atoms with Gasteiger partial charge in [0.1, 0.15) is 0 Å². The molecule has 0 aliphatic rings. The van der Waals surface area contributed by atoms with Gasteiger partial charge >= 0.3 is 5.97 Å². The lowest BCUT2D eigenvalue weighted by atomic mass is 10.1. The minimum Gasteiger partial charge on any atom is -0.466 e. The normalized spacial score (nSPS) is 11.5. The zero-order valence-electron chi connectivity index (χ0n) is 14.1. The van der Waals surface area contributed by atoms with Gasteiger partial charge in [0.05, 0.1) is 6.61 Å². The number of esters is 1. The second-order valence-electron chi connectivity index (χ2n) is 5.57. The van der Waals surface area contributed by atoms with Crippen molar-refractivity contribution >= 4 is 5.97 Å². The summed E-state index contributed by atoms with van der Waals surface area (Å²) in [6.45, 7) is 4.29. The van der Waals surface area contributed by atoms with Crippen molar-refractivity contribution in [3.63, 3.8) is 0 Å². The smallest absolute Gasteiger partial charge is 0.302 e.